The number of aryl methyl sites for hydroxylation is 1. The molecule has 1 N–H and O–H groups in total. The molecule has 1 amide bonds. The molecule has 16 heavy (non-hydrogen) atoms. The Kier molecular flexibility index (Phi) is 2.75. The molecule has 0 fully saturated rings. The number of rotatable bonds is 1. The van der Waals surface area contributed by atoms with Gasteiger partial charge < -0.3 is 5.32 Å². The Hall–Kier alpha value is -1.68. The summed E-state index contributed by atoms with van der Waals surface area (Å²) >= 11 is 5.88. The summed E-state index contributed by atoms with van der Waals surface area (Å²) in [5.41, 5.74) is 2.58. The third-order valence-corrected chi connectivity index (χ3v) is 2.63. The predicted octanol–water partition coefficient (Wildman–Crippen LogP) is 1.95. The number of nitrogens with zero attached hydrogens (tertiary/aromatic N) is 2. The average Bonchev–Trinajstić information content (AvgIpc) is 2.29. The second-order valence-corrected chi connectivity index (χ2v) is 3.74. The average molecular weight is 236 g/mol. The molecule has 5 heteroatoms. The van der Waals surface area contributed by atoms with Crippen LogP contribution in [0.3, 0.4) is 0 Å². The molecule has 82 valence electrons. The van der Waals surface area contributed by atoms with Gasteiger partial charge in [-0.25, -0.2) is 9.97 Å². The number of carbonyl (C=O) groups excluding carboxylic acids is 1. The van der Waals surface area contributed by atoms with Gasteiger partial charge in [0.1, 0.15) is 0 Å². The molecular weight excluding hydrogens is 226 g/mol. The number of fused-ring (bicyclic) bond motifs is 1. The molecule has 0 radical (unpaired) electrons. The molecule has 0 aliphatic rings. The van der Waals surface area contributed by atoms with Crippen LogP contribution in [-0.2, 0) is 0 Å². The number of hydrogen-bond donors (Lipinski definition) is 1. The van der Waals surface area contributed by atoms with E-state index >= 15 is 0 Å². The summed E-state index contributed by atoms with van der Waals surface area (Å²) in [6.45, 7) is 1.79. The van der Waals surface area contributed by atoms with Gasteiger partial charge in [0.2, 0.25) is 0 Å². The first-order valence-electron chi connectivity index (χ1n) is 4.78. The standard InChI is InChI=1S/C11H10ClN3O/c1-6-10(12)15-9-5-7(11(16)13-2)3-4-8(9)14-6/h3-5H,1-2H3,(H,13,16). The Morgan fingerprint density at radius 2 is 2.06 bits per heavy atom. The normalized spacial score (nSPS) is 10.4. The molecule has 0 unspecified atom stereocenters. The molecule has 0 saturated carbocycles. The van der Waals surface area contributed by atoms with Crippen LogP contribution in [0.5, 0.6) is 0 Å². The molecule has 0 atom stereocenters. The van der Waals surface area contributed by atoms with Crippen LogP contribution >= 0.6 is 11.6 Å². The Labute approximate surface area is 97.7 Å². The van der Waals surface area contributed by atoms with Crippen molar-refractivity contribution in [1.82, 2.24) is 15.3 Å². The zero-order valence-corrected chi connectivity index (χ0v) is 9.67. The molecule has 0 aliphatic carbocycles. The van der Waals surface area contributed by atoms with Crippen molar-refractivity contribution in [2.24, 2.45) is 0 Å². The lowest BCUT2D eigenvalue weighted by atomic mass is 10.2. The number of amides is 1. The fourth-order valence-corrected chi connectivity index (χ4v) is 1.54. The van der Waals surface area contributed by atoms with Gasteiger partial charge in [0.05, 0.1) is 16.7 Å². The van der Waals surface area contributed by atoms with E-state index < -0.39 is 0 Å². The van der Waals surface area contributed by atoms with Crippen molar-refractivity contribution in [2.75, 3.05) is 7.05 Å². The highest BCUT2D eigenvalue weighted by atomic mass is 35.5. The van der Waals surface area contributed by atoms with Crippen molar-refractivity contribution in [3.8, 4) is 0 Å². The van der Waals surface area contributed by atoms with E-state index in [2.05, 4.69) is 15.3 Å². The zero-order valence-electron chi connectivity index (χ0n) is 8.91. The second kappa shape index (κ2) is 4.06. The van der Waals surface area contributed by atoms with Crippen LogP contribution in [0.2, 0.25) is 5.15 Å². The molecule has 4 nitrogen and oxygen atoms in total. The molecular formula is C11H10ClN3O. The summed E-state index contributed by atoms with van der Waals surface area (Å²) in [7, 11) is 1.58. The number of nitrogens with one attached hydrogen (secondary N) is 1. The van der Waals surface area contributed by atoms with E-state index in [1.54, 1.807) is 32.2 Å². The van der Waals surface area contributed by atoms with Crippen LogP contribution in [0.1, 0.15) is 16.1 Å². The van der Waals surface area contributed by atoms with Crippen molar-refractivity contribution in [3.05, 3.63) is 34.6 Å². The van der Waals surface area contributed by atoms with Crippen LogP contribution in [-0.4, -0.2) is 22.9 Å². The topological polar surface area (TPSA) is 54.9 Å². The maximum absolute atomic E-state index is 11.4. The minimum atomic E-state index is -0.152. The number of halogens is 1. The SMILES string of the molecule is CNC(=O)c1ccc2nc(C)c(Cl)nc2c1. The smallest absolute Gasteiger partial charge is 0.251 e. The van der Waals surface area contributed by atoms with Crippen molar-refractivity contribution in [2.45, 2.75) is 6.92 Å². The fourth-order valence-electron chi connectivity index (χ4n) is 1.41. The maximum atomic E-state index is 11.4. The van der Waals surface area contributed by atoms with Crippen molar-refractivity contribution >= 4 is 28.5 Å². The monoisotopic (exact) mass is 235 g/mol. The zero-order chi connectivity index (χ0) is 11.7. The van der Waals surface area contributed by atoms with Gasteiger partial charge in [-0.05, 0) is 25.1 Å². The van der Waals surface area contributed by atoms with E-state index in [4.69, 9.17) is 11.6 Å². The molecule has 1 aromatic carbocycles. The lowest BCUT2D eigenvalue weighted by Crippen LogP contribution is -2.17. The minimum Gasteiger partial charge on any atom is -0.355 e. The maximum Gasteiger partial charge on any atom is 0.251 e. The summed E-state index contributed by atoms with van der Waals surface area (Å²) in [5, 5.41) is 2.91. The highest BCUT2D eigenvalue weighted by Crippen LogP contribution is 2.17. The number of aromatic nitrogens is 2. The summed E-state index contributed by atoms with van der Waals surface area (Å²) in [6, 6.07) is 5.14. The molecule has 2 rings (SSSR count). The van der Waals surface area contributed by atoms with Gasteiger partial charge in [0.15, 0.2) is 5.15 Å². The molecule has 0 spiro atoms. The van der Waals surface area contributed by atoms with Crippen molar-refractivity contribution in [3.63, 3.8) is 0 Å². The van der Waals surface area contributed by atoms with Crippen molar-refractivity contribution in [1.29, 1.82) is 0 Å². The van der Waals surface area contributed by atoms with E-state index in [-0.39, 0.29) is 5.91 Å². The number of carbonyl (C=O) groups is 1. The first-order chi connectivity index (χ1) is 7.61. The van der Waals surface area contributed by atoms with E-state index in [0.717, 1.165) is 5.52 Å². The third-order valence-electron chi connectivity index (χ3n) is 2.27. The first-order valence-corrected chi connectivity index (χ1v) is 5.15. The summed E-state index contributed by atoms with van der Waals surface area (Å²) < 4.78 is 0. The molecule has 0 aliphatic heterocycles. The third kappa shape index (κ3) is 1.84. The predicted molar refractivity (Wildman–Crippen MR) is 62.7 cm³/mol. The van der Waals surface area contributed by atoms with Gasteiger partial charge in [-0.1, -0.05) is 11.6 Å². The van der Waals surface area contributed by atoms with Gasteiger partial charge in [-0.3, -0.25) is 4.79 Å². The van der Waals surface area contributed by atoms with Crippen LogP contribution in [0.4, 0.5) is 0 Å². The van der Waals surface area contributed by atoms with Gasteiger partial charge in [-0.2, -0.15) is 0 Å². The van der Waals surface area contributed by atoms with Crippen LogP contribution in [0, 0.1) is 6.92 Å². The first kappa shape index (κ1) is 10.8. The van der Waals surface area contributed by atoms with Crippen LogP contribution in [0.15, 0.2) is 18.2 Å². The van der Waals surface area contributed by atoms with Crippen molar-refractivity contribution < 1.29 is 4.79 Å². The Morgan fingerprint density at radius 1 is 1.31 bits per heavy atom. The Morgan fingerprint density at radius 3 is 2.75 bits per heavy atom. The van der Waals surface area contributed by atoms with Crippen LogP contribution in [0.25, 0.3) is 11.0 Å². The lowest BCUT2D eigenvalue weighted by Gasteiger charge is -2.03. The Bertz CT molecular complexity index is 568. The van der Waals surface area contributed by atoms with E-state index in [1.807, 2.05) is 0 Å². The van der Waals surface area contributed by atoms with E-state index in [9.17, 15) is 4.79 Å². The van der Waals surface area contributed by atoms with E-state index in [0.29, 0.717) is 21.9 Å². The molecule has 0 saturated heterocycles. The fraction of sp³-hybridized carbons (Fsp3) is 0.182. The highest BCUT2D eigenvalue weighted by molar-refractivity contribution is 6.30. The minimum absolute atomic E-state index is 0.152. The Balaban J connectivity index is 2.62. The number of hydrogen-bond acceptors (Lipinski definition) is 3. The van der Waals surface area contributed by atoms with E-state index in [1.165, 1.54) is 0 Å². The van der Waals surface area contributed by atoms with Crippen LogP contribution < -0.4 is 5.32 Å². The second-order valence-electron chi connectivity index (χ2n) is 3.38. The molecule has 2 aromatic rings. The van der Waals surface area contributed by atoms with Gasteiger partial charge in [0, 0.05) is 12.6 Å². The summed E-state index contributed by atoms with van der Waals surface area (Å²) in [6.07, 6.45) is 0. The summed E-state index contributed by atoms with van der Waals surface area (Å²) in [4.78, 5) is 19.9. The number of benzene rings is 1. The van der Waals surface area contributed by atoms with Gasteiger partial charge in [0.25, 0.3) is 5.91 Å². The molecule has 1 heterocycles. The molecule has 0 bridgehead atoms. The van der Waals surface area contributed by atoms with Gasteiger partial charge in [-0.15, -0.1) is 0 Å². The highest BCUT2D eigenvalue weighted by Gasteiger charge is 2.07. The quantitative estimate of drug-likeness (QED) is 0.822. The molecule has 1 aromatic heterocycles. The van der Waals surface area contributed by atoms with Gasteiger partial charge >= 0.3 is 0 Å². The summed E-state index contributed by atoms with van der Waals surface area (Å²) in [5.74, 6) is -0.152. The lowest BCUT2D eigenvalue weighted by molar-refractivity contribution is 0.0963. The largest absolute Gasteiger partial charge is 0.355 e.